The summed E-state index contributed by atoms with van der Waals surface area (Å²) in [6, 6.07) is 10.6. The van der Waals surface area contributed by atoms with E-state index in [0.29, 0.717) is 23.6 Å². The monoisotopic (exact) mass is 515 g/mol. The first-order valence-corrected chi connectivity index (χ1v) is 12.3. The van der Waals surface area contributed by atoms with Crippen molar-refractivity contribution in [2.75, 3.05) is 13.1 Å². The minimum Gasteiger partial charge on any atom is -0.508 e. The number of aromatic hydroxyl groups is 1. The van der Waals surface area contributed by atoms with Gasteiger partial charge in [0.25, 0.3) is 17.7 Å². The van der Waals surface area contributed by atoms with Crippen molar-refractivity contribution in [3.8, 4) is 5.75 Å². The fourth-order valence-corrected chi connectivity index (χ4v) is 4.53. The van der Waals surface area contributed by atoms with Crippen LogP contribution in [0.4, 0.5) is 8.78 Å². The molecule has 2 aliphatic rings. The molecular formula is C27H31F2N3O5. The van der Waals surface area contributed by atoms with E-state index in [2.05, 4.69) is 10.6 Å². The Kier molecular flexibility index (Phi) is 7.77. The van der Waals surface area contributed by atoms with Crippen LogP contribution < -0.4 is 10.6 Å². The average molecular weight is 516 g/mol. The van der Waals surface area contributed by atoms with Crippen LogP contribution in [0.3, 0.4) is 0 Å². The smallest absolute Gasteiger partial charge is 0.267 e. The fourth-order valence-electron chi connectivity index (χ4n) is 4.53. The SMILES string of the molecule is Cc1c(O)cccc1C(=O)N[C@@H](Cc1ccccc1)[C@H](O)C(=O)N1CC(F)(F)C[C@H]1C(=O)NCC1CC1. The van der Waals surface area contributed by atoms with Crippen LogP contribution in [-0.2, 0) is 16.0 Å². The van der Waals surface area contributed by atoms with Crippen molar-refractivity contribution in [2.45, 2.75) is 56.7 Å². The molecule has 0 aromatic heterocycles. The van der Waals surface area contributed by atoms with Gasteiger partial charge in [-0.15, -0.1) is 0 Å². The lowest BCUT2D eigenvalue weighted by Crippen LogP contribution is -2.56. The molecule has 4 rings (SSSR count). The number of benzene rings is 2. The van der Waals surface area contributed by atoms with Crippen molar-refractivity contribution in [3.63, 3.8) is 0 Å². The maximum Gasteiger partial charge on any atom is 0.267 e. The average Bonchev–Trinajstić information content (AvgIpc) is 3.64. The second-order valence-electron chi connectivity index (χ2n) is 9.89. The van der Waals surface area contributed by atoms with E-state index in [-0.39, 0.29) is 17.7 Å². The van der Waals surface area contributed by atoms with Gasteiger partial charge >= 0.3 is 0 Å². The minimum absolute atomic E-state index is 0.0279. The summed E-state index contributed by atoms with van der Waals surface area (Å²) in [6.07, 6.45) is -0.779. The first-order chi connectivity index (χ1) is 17.6. The van der Waals surface area contributed by atoms with E-state index < -0.39 is 54.8 Å². The van der Waals surface area contributed by atoms with E-state index >= 15 is 0 Å². The number of hydrogen-bond acceptors (Lipinski definition) is 5. The number of carbonyl (C=O) groups excluding carboxylic acids is 3. The third kappa shape index (κ3) is 6.43. The zero-order chi connectivity index (χ0) is 26.7. The van der Waals surface area contributed by atoms with Crippen LogP contribution in [0.15, 0.2) is 48.5 Å². The molecule has 0 bridgehead atoms. The first-order valence-electron chi connectivity index (χ1n) is 12.3. The number of likely N-dealkylation sites (tertiary alicyclic amines) is 1. The minimum atomic E-state index is -3.28. The third-order valence-electron chi connectivity index (χ3n) is 6.92. The summed E-state index contributed by atoms with van der Waals surface area (Å²) in [5.41, 5.74) is 1.14. The summed E-state index contributed by atoms with van der Waals surface area (Å²) in [6.45, 7) is 0.915. The summed E-state index contributed by atoms with van der Waals surface area (Å²) in [4.78, 5) is 39.8. The Morgan fingerprint density at radius 2 is 1.81 bits per heavy atom. The molecule has 3 amide bonds. The highest BCUT2D eigenvalue weighted by Gasteiger charge is 2.51. The summed E-state index contributed by atoms with van der Waals surface area (Å²) in [7, 11) is 0. The Morgan fingerprint density at radius 1 is 1.11 bits per heavy atom. The first kappa shape index (κ1) is 26.5. The highest BCUT2D eigenvalue weighted by molar-refractivity contribution is 5.97. The van der Waals surface area contributed by atoms with Crippen molar-refractivity contribution in [1.82, 2.24) is 15.5 Å². The number of aliphatic hydroxyl groups excluding tert-OH is 1. The number of alkyl halides is 2. The van der Waals surface area contributed by atoms with E-state index in [0.717, 1.165) is 17.7 Å². The van der Waals surface area contributed by atoms with Gasteiger partial charge in [0.2, 0.25) is 5.91 Å². The van der Waals surface area contributed by atoms with Gasteiger partial charge in [0, 0.05) is 24.1 Å². The molecule has 0 radical (unpaired) electrons. The lowest BCUT2D eigenvalue weighted by molar-refractivity contribution is -0.147. The summed E-state index contributed by atoms with van der Waals surface area (Å²) in [5.74, 6) is -5.43. The normalized spacial score (nSPS) is 20.2. The van der Waals surface area contributed by atoms with Crippen molar-refractivity contribution in [1.29, 1.82) is 0 Å². The number of phenolic OH excluding ortho intramolecular Hbond substituents is 1. The molecule has 37 heavy (non-hydrogen) atoms. The van der Waals surface area contributed by atoms with Gasteiger partial charge in [-0.3, -0.25) is 14.4 Å². The van der Waals surface area contributed by atoms with Gasteiger partial charge in [-0.2, -0.15) is 0 Å². The Hall–Kier alpha value is -3.53. The molecule has 2 aromatic rings. The molecule has 2 fully saturated rings. The maximum absolute atomic E-state index is 14.4. The predicted molar refractivity (Wildman–Crippen MR) is 131 cm³/mol. The standard InChI is InChI=1S/C27H31F2N3O5/c1-16-19(8-5-9-22(16)33)24(35)31-20(12-17-6-3-2-4-7-17)23(34)26(37)32-15-27(28,29)13-21(32)25(36)30-14-18-10-11-18/h2-9,18,20-21,23,33-34H,10-15H2,1H3,(H,30,36)(H,31,35)/t20-,21-,23-/m0/s1. The van der Waals surface area contributed by atoms with Gasteiger partial charge in [0.05, 0.1) is 12.6 Å². The van der Waals surface area contributed by atoms with Gasteiger partial charge < -0.3 is 25.7 Å². The van der Waals surface area contributed by atoms with E-state index in [1.165, 1.54) is 18.2 Å². The van der Waals surface area contributed by atoms with Crippen LogP contribution in [0.1, 0.15) is 40.7 Å². The molecule has 3 atom stereocenters. The molecular weight excluding hydrogens is 484 g/mol. The highest BCUT2D eigenvalue weighted by Crippen LogP contribution is 2.33. The number of carbonyl (C=O) groups is 3. The highest BCUT2D eigenvalue weighted by atomic mass is 19.3. The Labute approximate surface area is 213 Å². The van der Waals surface area contributed by atoms with Crippen LogP contribution >= 0.6 is 0 Å². The Bertz CT molecular complexity index is 1160. The van der Waals surface area contributed by atoms with Gasteiger partial charge in [-0.05, 0) is 49.8 Å². The van der Waals surface area contributed by atoms with Gasteiger partial charge in [-0.25, -0.2) is 8.78 Å². The molecule has 198 valence electrons. The number of hydrogen-bond donors (Lipinski definition) is 4. The van der Waals surface area contributed by atoms with E-state index in [1.807, 2.05) is 0 Å². The van der Waals surface area contributed by atoms with Gasteiger partial charge in [-0.1, -0.05) is 36.4 Å². The molecule has 1 aliphatic heterocycles. The number of halogens is 2. The molecule has 4 N–H and O–H groups in total. The third-order valence-corrected chi connectivity index (χ3v) is 6.92. The maximum atomic E-state index is 14.4. The lowest BCUT2D eigenvalue weighted by atomic mass is 9.98. The molecule has 0 unspecified atom stereocenters. The van der Waals surface area contributed by atoms with E-state index in [4.69, 9.17) is 0 Å². The second kappa shape index (κ2) is 10.8. The number of nitrogens with zero attached hydrogens (tertiary/aromatic N) is 1. The Balaban J connectivity index is 1.55. The zero-order valence-electron chi connectivity index (χ0n) is 20.5. The number of aliphatic hydroxyl groups is 1. The molecule has 1 aliphatic carbocycles. The molecule has 1 saturated heterocycles. The summed E-state index contributed by atoms with van der Waals surface area (Å²) in [5, 5.41) is 26.3. The molecule has 1 heterocycles. The number of nitrogens with one attached hydrogen (secondary N) is 2. The molecule has 1 saturated carbocycles. The summed E-state index contributed by atoms with van der Waals surface area (Å²) < 4.78 is 28.7. The number of rotatable bonds is 9. The second-order valence-corrected chi connectivity index (χ2v) is 9.89. The number of amides is 3. The molecule has 0 spiro atoms. The van der Waals surface area contributed by atoms with Gasteiger partial charge in [0.1, 0.15) is 11.8 Å². The van der Waals surface area contributed by atoms with E-state index in [9.17, 15) is 33.4 Å². The molecule has 2 aromatic carbocycles. The van der Waals surface area contributed by atoms with Gasteiger partial charge in [0.15, 0.2) is 6.10 Å². The quantitative estimate of drug-likeness (QED) is 0.408. The van der Waals surface area contributed by atoms with Crippen LogP contribution in [0.5, 0.6) is 5.75 Å². The fraction of sp³-hybridized carbons (Fsp3) is 0.444. The topological polar surface area (TPSA) is 119 Å². The molecule has 8 nitrogen and oxygen atoms in total. The van der Waals surface area contributed by atoms with Crippen LogP contribution in [0.2, 0.25) is 0 Å². The zero-order valence-corrected chi connectivity index (χ0v) is 20.5. The van der Waals surface area contributed by atoms with E-state index in [1.54, 1.807) is 37.3 Å². The lowest BCUT2D eigenvalue weighted by Gasteiger charge is -2.30. The number of phenols is 1. The van der Waals surface area contributed by atoms with Crippen molar-refractivity contribution in [2.24, 2.45) is 5.92 Å². The van der Waals surface area contributed by atoms with Crippen molar-refractivity contribution >= 4 is 17.7 Å². The summed E-state index contributed by atoms with van der Waals surface area (Å²) >= 11 is 0. The van der Waals surface area contributed by atoms with Crippen molar-refractivity contribution in [3.05, 3.63) is 65.2 Å². The Morgan fingerprint density at radius 3 is 2.49 bits per heavy atom. The molecule has 10 heteroatoms. The van der Waals surface area contributed by atoms with Crippen LogP contribution in [0.25, 0.3) is 0 Å². The van der Waals surface area contributed by atoms with Crippen LogP contribution in [0, 0.1) is 12.8 Å². The van der Waals surface area contributed by atoms with Crippen molar-refractivity contribution < 1.29 is 33.4 Å². The predicted octanol–water partition coefficient (Wildman–Crippen LogP) is 2.17. The largest absolute Gasteiger partial charge is 0.508 e. The van der Waals surface area contributed by atoms with Crippen LogP contribution in [-0.4, -0.2) is 70.0 Å².